The highest BCUT2D eigenvalue weighted by molar-refractivity contribution is 6.33. The molecule has 2 rings (SSSR count). The van der Waals surface area contributed by atoms with Crippen LogP contribution in [0.15, 0.2) is 12.1 Å². The van der Waals surface area contributed by atoms with E-state index in [1.807, 2.05) is 6.07 Å². The number of rotatable bonds is 5. The molecule has 1 fully saturated rings. The van der Waals surface area contributed by atoms with Gasteiger partial charge in [0, 0.05) is 24.8 Å². The summed E-state index contributed by atoms with van der Waals surface area (Å²) in [4.78, 5) is 0. The average Bonchev–Trinajstić information content (AvgIpc) is 2.90. The van der Waals surface area contributed by atoms with Crippen LogP contribution in [0.2, 0.25) is 5.02 Å². The highest BCUT2D eigenvalue weighted by Crippen LogP contribution is 2.31. The molecule has 1 aliphatic rings. The Morgan fingerprint density at radius 1 is 1.56 bits per heavy atom. The standard InChI is InChI=1S/C13H18ClNO3/c1-17-13-6-12(11(14)5-9(13)8-16)15-7-10-3-2-4-18-10/h5-6,10,15-16H,2-4,7-8H2,1H3. The van der Waals surface area contributed by atoms with Crippen LogP contribution >= 0.6 is 11.6 Å². The lowest BCUT2D eigenvalue weighted by molar-refractivity contribution is 0.120. The van der Waals surface area contributed by atoms with E-state index in [0.717, 1.165) is 31.7 Å². The number of nitrogens with one attached hydrogen (secondary N) is 1. The smallest absolute Gasteiger partial charge is 0.126 e. The van der Waals surface area contributed by atoms with Gasteiger partial charge in [-0.05, 0) is 18.9 Å². The highest BCUT2D eigenvalue weighted by atomic mass is 35.5. The van der Waals surface area contributed by atoms with Crippen molar-refractivity contribution in [1.82, 2.24) is 0 Å². The summed E-state index contributed by atoms with van der Waals surface area (Å²) in [5.41, 5.74) is 1.49. The number of aliphatic hydroxyl groups is 1. The van der Waals surface area contributed by atoms with Gasteiger partial charge in [-0.1, -0.05) is 11.6 Å². The van der Waals surface area contributed by atoms with E-state index in [4.69, 9.17) is 21.1 Å². The van der Waals surface area contributed by atoms with Gasteiger partial charge in [-0.15, -0.1) is 0 Å². The fourth-order valence-corrected chi connectivity index (χ4v) is 2.33. The molecule has 1 heterocycles. The number of aliphatic hydroxyl groups excluding tert-OH is 1. The lowest BCUT2D eigenvalue weighted by Crippen LogP contribution is -2.18. The Bertz CT molecular complexity index is 405. The van der Waals surface area contributed by atoms with Crippen molar-refractivity contribution in [2.45, 2.75) is 25.6 Å². The van der Waals surface area contributed by atoms with Crippen molar-refractivity contribution in [2.75, 3.05) is 25.6 Å². The fraction of sp³-hybridized carbons (Fsp3) is 0.538. The van der Waals surface area contributed by atoms with Gasteiger partial charge in [0.15, 0.2) is 0 Å². The Morgan fingerprint density at radius 2 is 2.39 bits per heavy atom. The van der Waals surface area contributed by atoms with Gasteiger partial charge in [0.05, 0.1) is 30.5 Å². The molecule has 18 heavy (non-hydrogen) atoms. The Morgan fingerprint density at radius 3 is 3.00 bits per heavy atom. The third-order valence-corrected chi connectivity index (χ3v) is 3.40. The summed E-state index contributed by atoms with van der Waals surface area (Å²) in [6.07, 6.45) is 2.45. The molecule has 0 amide bonds. The molecule has 0 saturated carbocycles. The number of benzene rings is 1. The lowest BCUT2D eigenvalue weighted by atomic mass is 10.1. The van der Waals surface area contributed by atoms with Crippen LogP contribution in [-0.4, -0.2) is 31.5 Å². The second kappa shape index (κ2) is 6.27. The minimum absolute atomic E-state index is 0.0884. The molecular weight excluding hydrogens is 254 g/mol. The van der Waals surface area contributed by atoms with Crippen LogP contribution in [0.1, 0.15) is 18.4 Å². The number of hydrogen-bond acceptors (Lipinski definition) is 4. The third kappa shape index (κ3) is 3.07. The SMILES string of the molecule is COc1cc(NCC2CCCO2)c(Cl)cc1CO. The molecule has 1 aromatic carbocycles. The van der Waals surface area contributed by atoms with Gasteiger partial charge in [0.1, 0.15) is 5.75 Å². The zero-order valence-corrected chi connectivity index (χ0v) is 11.2. The number of anilines is 1. The summed E-state index contributed by atoms with van der Waals surface area (Å²) in [5, 5.41) is 13.0. The van der Waals surface area contributed by atoms with Gasteiger partial charge in [0.2, 0.25) is 0 Å². The van der Waals surface area contributed by atoms with Gasteiger partial charge in [0.25, 0.3) is 0 Å². The monoisotopic (exact) mass is 271 g/mol. The summed E-state index contributed by atoms with van der Waals surface area (Å²) >= 11 is 6.15. The predicted molar refractivity (Wildman–Crippen MR) is 71.4 cm³/mol. The molecule has 100 valence electrons. The molecule has 4 nitrogen and oxygen atoms in total. The maximum absolute atomic E-state index is 9.19. The van der Waals surface area contributed by atoms with E-state index < -0.39 is 0 Å². The van der Waals surface area contributed by atoms with Crippen molar-refractivity contribution in [3.63, 3.8) is 0 Å². The van der Waals surface area contributed by atoms with Gasteiger partial charge in [-0.25, -0.2) is 0 Å². The predicted octanol–water partition coefficient (Wildman–Crippen LogP) is 2.43. The topological polar surface area (TPSA) is 50.7 Å². The Labute approximate surface area is 112 Å². The van der Waals surface area contributed by atoms with Gasteiger partial charge < -0.3 is 19.9 Å². The minimum atomic E-state index is -0.0884. The van der Waals surface area contributed by atoms with Crippen LogP contribution < -0.4 is 10.1 Å². The molecule has 2 N–H and O–H groups in total. The van der Waals surface area contributed by atoms with Crippen LogP contribution in [0.25, 0.3) is 0 Å². The van der Waals surface area contributed by atoms with Crippen LogP contribution in [0, 0.1) is 0 Å². The first kappa shape index (κ1) is 13.5. The van der Waals surface area contributed by atoms with Crippen molar-refractivity contribution < 1.29 is 14.6 Å². The molecule has 1 saturated heterocycles. The highest BCUT2D eigenvalue weighted by Gasteiger charge is 2.16. The second-order valence-electron chi connectivity index (χ2n) is 4.32. The van der Waals surface area contributed by atoms with E-state index in [9.17, 15) is 5.11 Å². The quantitative estimate of drug-likeness (QED) is 0.864. The molecular formula is C13H18ClNO3. The van der Waals surface area contributed by atoms with Gasteiger partial charge >= 0.3 is 0 Å². The van der Waals surface area contributed by atoms with Crippen molar-refractivity contribution in [1.29, 1.82) is 0 Å². The third-order valence-electron chi connectivity index (χ3n) is 3.08. The van der Waals surface area contributed by atoms with E-state index in [2.05, 4.69) is 5.32 Å². The molecule has 0 aliphatic carbocycles. The van der Waals surface area contributed by atoms with Crippen molar-refractivity contribution in [3.05, 3.63) is 22.7 Å². The Kier molecular flexibility index (Phi) is 4.69. The molecule has 5 heteroatoms. The molecule has 0 aromatic heterocycles. The number of hydrogen-bond donors (Lipinski definition) is 2. The molecule has 1 aromatic rings. The number of ether oxygens (including phenoxy) is 2. The van der Waals surface area contributed by atoms with Crippen LogP contribution in [0.4, 0.5) is 5.69 Å². The Hall–Kier alpha value is -0.970. The zero-order valence-electron chi connectivity index (χ0n) is 10.4. The largest absolute Gasteiger partial charge is 0.496 e. The summed E-state index contributed by atoms with van der Waals surface area (Å²) in [6.45, 7) is 1.49. The maximum atomic E-state index is 9.19. The summed E-state index contributed by atoms with van der Waals surface area (Å²) in [7, 11) is 1.58. The molecule has 0 spiro atoms. The van der Waals surface area contributed by atoms with E-state index in [1.54, 1.807) is 13.2 Å². The summed E-state index contributed by atoms with van der Waals surface area (Å²) in [5.74, 6) is 0.636. The first-order chi connectivity index (χ1) is 8.74. The van der Waals surface area contributed by atoms with E-state index in [0.29, 0.717) is 16.3 Å². The number of methoxy groups -OCH3 is 1. The zero-order chi connectivity index (χ0) is 13.0. The van der Waals surface area contributed by atoms with E-state index in [-0.39, 0.29) is 12.7 Å². The van der Waals surface area contributed by atoms with Gasteiger partial charge in [-0.3, -0.25) is 0 Å². The second-order valence-corrected chi connectivity index (χ2v) is 4.73. The summed E-state index contributed by atoms with van der Waals surface area (Å²) in [6, 6.07) is 3.53. The van der Waals surface area contributed by atoms with Gasteiger partial charge in [-0.2, -0.15) is 0 Å². The molecule has 1 atom stereocenters. The molecule has 0 bridgehead atoms. The van der Waals surface area contributed by atoms with Crippen molar-refractivity contribution in [3.8, 4) is 5.75 Å². The van der Waals surface area contributed by atoms with E-state index in [1.165, 1.54) is 0 Å². The lowest BCUT2D eigenvalue weighted by Gasteiger charge is -2.15. The minimum Gasteiger partial charge on any atom is -0.496 e. The molecule has 1 aliphatic heterocycles. The fourth-order valence-electron chi connectivity index (χ4n) is 2.07. The average molecular weight is 272 g/mol. The van der Waals surface area contributed by atoms with Crippen molar-refractivity contribution >= 4 is 17.3 Å². The van der Waals surface area contributed by atoms with Crippen LogP contribution in [0.3, 0.4) is 0 Å². The molecule has 0 radical (unpaired) electrons. The van der Waals surface area contributed by atoms with E-state index >= 15 is 0 Å². The maximum Gasteiger partial charge on any atom is 0.126 e. The van der Waals surface area contributed by atoms with Crippen molar-refractivity contribution in [2.24, 2.45) is 0 Å². The Balaban J connectivity index is 2.06. The normalized spacial score (nSPS) is 18.9. The van der Waals surface area contributed by atoms with Crippen LogP contribution in [0.5, 0.6) is 5.75 Å². The first-order valence-electron chi connectivity index (χ1n) is 6.07. The first-order valence-corrected chi connectivity index (χ1v) is 6.45. The van der Waals surface area contributed by atoms with Crippen LogP contribution in [-0.2, 0) is 11.3 Å². The molecule has 1 unspecified atom stereocenters. The number of halogens is 1. The summed E-state index contributed by atoms with van der Waals surface area (Å²) < 4.78 is 10.8.